The van der Waals surface area contributed by atoms with Crippen molar-refractivity contribution in [2.75, 3.05) is 12.9 Å². The number of alkyl halides is 1. The Balaban J connectivity index is 1.94. The van der Waals surface area contributed by atoms with E-state index in [0.717, 1.165) is 5.69 Å². The first-order valence-corrected chi connectivity index (χ1v) is 5.56. The molecule has 1 heterocycles. The molecular weight excluding hydrogens is 214 g/mol. The van der Waals surface area contributed by atoms with Gasteiger partial charge in [0.25, 0.3) is 0 Å². The van der Waals surface area contributed by atoms with Gasteiger partial charge in [0.05, 0.1) is 18.6 Å². The standard InChI is InChI=1S/C10H14ClN3O/c1-13(10(15)4-11)5-8-6-14(7-12-8)9-2-3-9/h6-7,9H,2-5H2,1H3. The molecule has 1 aliphatic carbocycles. The summed E-state index contributed by atoms with van der Waals surface area (Å²) >= 11 is 5.46. The minimum Gasteiger partial charge on any atom is -0.339 e. The zero-order valence-electron chi connectivity index (χ0n) is 8.69. The van der Waals surface area contributed by atoms with Crippen molar-refractivity contribution in [1.29, 1.82) is 0 Å². The van der Waals surface area contributed by atoms with E-state index in [0.29, 0.717) is 12.6 Å². The van der Waals surface area contributed by atoms with Gasteiger partial charge < -0.3 is 9.47 Å². The van der Waals surface area contributed by atoms with Gasteiger partial charge in [0.15, 0.2) is 0 Å². The number of hydrogen-bond acceptors (Lipinski definition) is 2. The Morgan fingerprint density at radius 1 is 1.73 bits per heavy atom. The number of carbonyl (C=O) groups is 1. The van der Waals surface area contributed by atoms with Crippen molar-refractivity contribution in [2.45, 2.75) is 25.4 Å². The number of aromatic nitrogens is 2. The van der Waals surface area contributed by atoms with Crippen LogP contribution in [0.15, 0.2) is 12.5 Å². The smallest absolute Gasteiger partial charge is 0.237 e. The summed E-state index contributed by atoms with van der Waals surface area (Å²) in [6.45, 7) is 0.533. The Morgan fingerprint density at radius 2 is 2.47 bits per heavy atom. The molecule has 1 saturated carbocycles. The molecule has 1 aromatic heterocycles. The van der Waals surface area contributed by atoms with Crippen LogP contribution in [0.2, 0.25) is 0 Å². The predicted molar refractivity (Wildman–Crippen MR) is 57.7 cm³/mol. The SMILES string of the molecule is CN(Cc1cn(C2CC2)cn1)C(=O)CCl. The number of halogens is 1. The van der Waals surface area contributed by atoms with Gasteiger partial charge in [-0.25, -0.2) is 4.98 Å². The van der Waals surface area contributed by atoms with Crippen molar-refractivity contribution in [2.24, 2.45) is 0 Å². The van der Waals surface area contributed by atoms with Crippen molar-refractivity contribution >= 4 is 17.5 Å². The quantitative estimate of drug-likeness (QED) is 0.730. The number of rotatable bonds is 4. The molecule has 4 nitrogen and oxygen atoms in total. The average molecular weight is 228 g/mol. The molecule has 1 aromatic rings. The fourth-order valence-corrected chi connectivity index (χ4v) is 1.67. The molecule has 0 N–H and O–H groups in total. The van der Waals surface area contributed by atoms with Crippen molar-refractivity contribution in [1.82, 2.24) is 14.5 Å². The summed E-state index contributed by atoms with van der Waals surface area (Å²) in [7, 11) is 1.74. The number of amides is 1. The van der Waals surface area contributed by atoms with E-state index < -0.39 is 0 Å². The molecule has 5 heteroatoms. The van der Waals surface area contributed by atoms with Gasteiger partial charge in [0.1, 0.15) is 5.88 Å². The van der Waals surface area contributed by atoms with Gasteiger partial charge in [-0.3, -0.25) is 4.79 Å². The normalized spacial score (nSPS) is 15.3. The van der Waals surface area contributed by atoms with E-state index in [4.69, 9.17) is 11.6 Å². The van der Waals surface area contributed by atoms with Crippen LogP contribution in [-0.4, -0.2) is 33.3 Å². The van der Waals surface area contributed by atoms with Gasteiger partial charge in [-0.05, 0) is 12.8 Å². The molecule has 0 bridgehead atoms. The summed E-state index contributed by atoms with van der Waals surface area (Å²) in [5, 5.41) is 0. The zero-order valence-corrected chi connectivity index (χ0v) is 9.44. The molecule has 2 rings (SSSR count). The molecule has 0 saturated heterocycles. The summed E-state index contributed by atoms with van der Waals surface area (Å²) in [6, 6.07) is 0.639. The van der Waals surface area contributed by atoms with E-state index in [-0.39, 0.29) is 11.8 Å². The number of nitrogens with zero attached hydrogens (tertiary/aromatic N) is 3. The highest BCUT2D eigenvalue weighted by Gasteiger charge is 2.23. The van der Waals surface area contributed by atoms with E-state index in [1.165, 1.54) is 12.8 Å². The van der Waals surface area contributed by atoms with Crippen molar-refractivity contribution in [3.8, 4) is 0 Å². The summed E-state index contributed by atoms with van der Waals surface area (Å²) in [5.41, 5.74) is 0.919. The lowest BCUT2D eigenvalue weighted by Gasteiger charge is -2.13. The van der Waals surface area contributed by atoms with Crippen molar-refractivity contribution in [3.63, 3.8) is 0 Å². The minimum atomic E-state index is -0.0716. The van der Waals surface area contributed by atoms with E-state index in [1.54, 1.807) is 11.9 Å². The molecule has 0 atom stereocenters. The molecule has 15 heavy (non-hydrogen) atoms. The molecule has 0 aromatic carbocycles. The fraction of sp³-hybridized carbons (Fsp3) is 0.600. The third-order valence-corrected chi connectivity index (χ3v) is 2.79. The second-order valence-corrected chi connectivity index (χ2v) is 4.19. The lowest BCUT2D eigenvalue weighted by Crippen LogP contribution is -2.27. The average Bonchev–Trinajstić information content (AvgIpc) is 2.99. The third kappa shape index (κ3) is 2.50. The van der Waals surface area contributed by atoms with Gasteiger partial charge in [0, 0.05) is 19.3 Å². The first kappa shape index (κ1) is 10.5. The second kappa shape index (κ2) is 4.23. The first-order chi connectivity index (χ1) is 7.20. The van der Waals surface area contributed by atoms with Gasteiger partial charge in [-0.1, -0.05) is 0 Å². The van der Waals surface area contributed by atoms with Crippen LogP contribution in [0, 0.1) is 0 Å². The van der Waals surface area contributed by atoms with Crippen molar-refractivity contribution in [3.05, 3.63) is 18.2 Å². The summed E-state index contributed by atoms with van der Waals surface area (Å²) in [4.78, 5) is 17.1. The Morgan fingerprint density at radius 3 is 3.07 bits per heavy atom. The summed E-state index contributed by atoms with van der Waals surface area (Å²) < 4.78 is 2.12. The molecular formula is C10H14ClN3O. The maximum Gasteiger partial charge on any atom is 0.237 e. The highest BCUT2D eigenvalue weighted by atomic mass is 35.5. The third-order valence-electron chi connectivity index (χ3n) is 2.56. The minimum absolute atomic E-state index is 0.0276. The monoisotopic (exact) mass is 227 g/mol. The van der Waals surface area contributed by atoms with E-state index >= 15 is 0 Å². The van der Waals surface area contributed by atoms with E-state index in [9.17, 15) is 4.79 Å². The number of hydrogen-bond donors (Lipinski definition) is 0. The highest BCUT2D eigenvalue weighted by Crippen LogP contribution is 2.34. The summed E-state index contributed by atoms with van der Waals surface area (Å²) in [5.74, 6) is -0.0440. The molecule has 0 radical (unpaired) electrons. The van der Waals surface area contributed by atoms with Crippen molar-refractivity contribution < 1.29 is 4.79 Å². The Hall–Kier alpha value is -1.03. The van der Waals surface area contributed by atoms with Crippen LogP contribution >= 0.6 is 11.6 Å². The van der Waals surface area contributed by atoms with E-state index in [2.05, 4.69) is 9.55 Å². The van der Waals surface area contributed by atoms with Crippen LogP contribution in [0.3, 0.4) is 0 Å². The Kier molecular flexibility index (Phi) is 2.95. The van der Waals surface area contributed by atoms with Gasteiger partial charge in [0.2, 0.25) is 5.91 Å². The van der Waals surface area contributed by atoms with Crippen LogP contribution in [0.5, 0.6) is 0 Å². The van der Waals surface area contributed by atoms with Gasteiger partial charge in [-0.2, -0.15) is 0 Å². The molecule has 0 spiro atoms. The van der Waals surface area contributed by atoms with E-state index in [1.807, 2.05) is 12.5 Å². The lowest BCUT2D eigenvalue weighted by molar-refractivity contribution is -0.127. The van der Waals surface area contributed by atoms with Crippen LogP contribution in [0.4, 0.5) is 0 Å². The summed E-state index contributed by atoms with van der Waals surface area (Å²) in [6.07, 6.45) is 6.33. The molecule has 82 valence electrons. The molecule has 1 aliphatic rings. The molecule has 1 fully saturated rings. The first-order valence-electron chi connectivity index (χ1n) is 5.03. The topological polar surface area (TPSA) is 38.1 Å². The van der Waals surface area contributed by atoms with Crippen LogP contribution in [-0.2, 0) is 11.3 Å². The number of carbonyl (C=O) groups excluding carboxylic acids is 1. The van der Waals surface area contributed by atoms with Crippen LogP contribution in [0.25, 0.3) is 0 Å². The van der Waals surface area contributed by atoms with Crippen LogP contribution in [0.1, 0.15) is 24.6 Å². The predicted octanol–water partition coefficient (Wildman–Crippen LogP) is 1.42. The molecule has 1 amide bonds. The highest BCUT2D eigenvalue weighted by molar-refractivity contribution is 6.27. The van der Waals surface area contributed by atoms with Gasteiger partial charge >= 0.3 is 0 Å². The Labute approximate surface area is 93.8 Å². The largest absolute Gasteiger partial charge is 0.339 e. The number of imidazole rings is 1. The fourth-order valence-electron chi connectivity index (χ4n) is 1.47. The lowest BCUT2D eigenvalue weighted by atomic mass is 10.4. The maximum atomic E-state index is 11.2. The second-order valence-electron chi connectivity index (χ2n) is 3.93. The van der Waals surface area contributed by atoms with Crippen LogP contribution < -0.4 is 0 Å². The zero-order chi connectivity index (χ0) is 10.8. The Bertz CT molecular complexity index is 359. The molecule has 0 aliphatic heterocycles. The molecule has 0 unspecified atom stereocenters. The maximum absolute atomic E-state index is 11.2. The van der Waals surface area contributed by atoms with Gasteiger partial charge in [-0.15, -0.1) is 11.6 Å².